The van der Waals surface area contributed by atoms with Gasteiger partial charge < -0.3 is 10.6 Å². The molecule has 1 aromatic heterocycles. The fraction of sp³-hybridized carbons (Fsp3) is 0.769. The van der Waals surface area contributed by atoms with Gasteiger partial charge in [0, 0.05) is 49.8 Å². The molecule has 1 saturated carbocycles. The van der Waals surface area contributed by atoms with E-state index >= 15 is 0 Å². The first kappa shape index (κ1) is 12.4. The minimum Gasteiger partial charge on any atom is -0.346 e. The van der Waals surface area contributed by atoms with Crippen molar-refractivity contribution in [2.45, 2.75) is 25.3 Å². The normalized spacial score (nSPS) is 33.4. The van der Waals surface area contributed by atoms with Crippen molar-refractivity contribution in [3.8, 4) is 0 Å². The van der Waals surface area contributed by atoms with Crippen LogP contribution in [-0.4, -0.2) is 48.1 Å². The second kappa shape index (κ2) is 4.79. The first-order valence-electron chi connectivity index (χ1n) is 6.83. The Bertz CT molecular complexity index is 378. The monoisotopic (exact) mass is 266 g/mol. The zero-order valence-corrected chi connectivity index (χ0v) is 11.8. The highest BCUT2D eigenvalue weighted by atomic mass is 32.1. The number of piperazine rings is 1. The summed E-state index contributed by atoms with van der Waals surface area (Å²) in [4.78, 5) is 9.41. The molecule has 1 aliphatic carbocycles. The molecule has 2 heterocycles. The number of anilines is 1. The molecule has 2 aliphatic rings. The number of hydrogen-bond donors (Lipinski definition) is 1. The smallest absolute Gasteiger partial charge is 0.185 e. The van der Waals surface area contributed by atoms with Crippen molar-refractivity contribution in [1.29, 1.82) is 0 Å². The van der Waals surface area contributed by atoms with E-state index in [2.05, 4.69) is 27.1 Å². The van der Waals surface area contributed by atoms with Crippen molar-refractivity contribution >= 4 is 16.5 Å². The summed E-state index contributed by atoms with van der Waals surface area (Å²) in [5, 5.41) is 3.22. The van der Waals surface area contributed by atoms with E-state index in [1.807, 2.05) is 6.20 Å². The van der Waals surface area contributed by atoms with Crippen molar-refractivity contribution in [2.24, 2.45) is 11.7 Å². The molecule has 1 aromatic rings. The summed E-state index contributed by atoms with van der Waals surface area (Å²) >= 11 is 1.74. The third-order valence-electron chi connectivity index (χ3n) is 4.48. The molecule has 0 aromatic carbocycles. The van der Waals surface area contributed by atoms with Gasteiger partial charge in [-0.05, 0) is 18.8 Å². The number of rotatable bonds is 3. The van der Waals surface area contributed by atoms with Crippen LogP contribution in [0.15, 0.2) is 11.6 Å². The van der Waals surface area contributed by atoms with E-state index < -0.39 is 0 Å². The molecule has 0 amide bonds. The predicted octanol–water partition coefficient (Wildman–Crippen LogP) is 1.39. The van der Waals surface area contributed by atoms with Crippen LogP contribution in [-0.2, 0) is 0 Å². The first-order chi connectivity index (χ1) is 8.73. The molecule has 100 valence electrons. The van der Waals surface area contributed by atoms with Crippen molar-refractivity contribution in [3.63, 3.8) is 0 Å². The van der Waals surface area contributed by atoms with Crippen LogP contribution in [0.25, 0.3) is 0 Å². The van der Waals surface area contributed by atoms with Crippen LogP contribution in [0.4, 0.5) is 5.13 Å². The van der Waals surface area contributed by atoms with Gasteiger partial charge in [0.05, 0.1) is 0 Å². The second-order valence-corrected chi connectivity index (χ2v) is 6.60. The molecule has 3 rings (SSSR count). The van der Waals surface area contributed by atoms with Crippen LogP contribution in [0.2, 0.25) is 0 Å². The maximum Gasteiger partial charge on any atom is 0.185 e. The lowest BCUT2D eigenvalue weighted by Crippen LogP contribution is -2.65. The molecule has 0 unspecified atom stereocenters. The summed E-state index contributed by atoms with van der Waals surface area (Å²) in [5.41, 5.74) is 6.34. The molecule has 0 bridgehead atoms. The summed E-state index contributed by atoms with van der Waals surface area (Å²) in [6.07, 6.45) is 4.45. The molecule has 0 spiro atoms. The Morgan fingerprint density at radius 2 is 2.11 bits per heavy atom. The summed E-state index contributed by atoms with van der Waals surface area (Å²) < 4.78 is 0. The Hall–Kier alpha value is -0.650. The second-order valence-electron chi connectivity index (χ2n) is 5.73. The SMILES string of the molecule is CC1CC(CN)(N2CCN(c3nccs3)CC2)C1. The van der Waals surface area contributed by atoms with Gasteiger partial charge in [-0.25, -0.2) is 4.98 Å². The lowest BCUT2D eigenvalue weighted by molar-refractivity contribution is -0.0158. The Morgan fingerprint density at radius 1 is 1.39 bits per heavy atom. The molecule has 2 N–H and O–H groups in total. The van der Waals surface area contributed by atoms with Gasteiger partial charge in [0.15, 0.2) is 5.13 Å². The van der Waals surface area contributed by atoms with E-state index in [9.17, 15) is 0 Å². The molecule has 2 fully saturated rings. The third-order valence-corrected chi connectivity index (χ3v) is 5.31. The van der Waals surface area contributed by atoms with E-state index in [4.69, 9.17) is 5.73 Å². The topological polar surface area (TPSA) is 45.4 Å². The molecule has 18 heavy (non-hydrogen) atoms. The average Bonchev–Trinajstić information content (AvgIpc) is 2.89. The van der Waals surface area contributed by atoms with Gasteiger partial charge in [-0.3, -0.25) is 4.90 Å². The van der Waals surface area contributed by atoms with Gasteiger partial charge >= 0.3 is 0 Å². The van der Waals surface area contributed by atoms with Gasteiger partial charge in [0.2, 0.25) is 0 Å². The number of nitrogens with two attached hydrogens (primary N) is 1. The molecular formula is C13H22N4S. The Labute approximate surface area is 113 Å². The molecule has 4 nitrogen and oxygen atoms in total. The van der Waals surface area contributed by atoms with Crippen molar-refractivity contribution in [2.75, 3.05) is 37.6 Å². The van der Waals surface area contributed by atoms with Gasteiger partial charge in [-0.15, -0.1) is 11.3 Å². The fourth-order valence-corrected chi connectivity index (χ4v) is 4.23. The molecule has 5 heteroatoms. The van der Waals surface area contributed by atoms with Gasteiger partial charge in [0.25, 0.3) is 0 Å². The molecular weight excluding hydrogens is 244 g/mol. The highest BCUT2D eigenvalue weighted by Crippen LogP contribution is 2.42. The van der Waals surface area contributed by atoms with Crippen molar-refractivity contribution in [1.82, 2.24) is 9.88 Å². The first-order valence-corrected chi connectivity index (χ1v) is 7.71. The predicted molar refractivity (Wildman–Crippen MR) is 76.1 cm³/mol. The largest absolute Gasteiger partial charge is 0.346 e. The maximum absolute atomic E-state index is 6.03. The maximum atomic E-state index is 6.03. The van der Waals surface area contributed by atoms with Crippen LogP contribution in [0.5, 0.6) is 0 Å². The summed E-state index contributed by atoms with van der Waals surface area (Å²) in [7, 11) is 0. The van der Waals surface area contributed by atoms with Crippen molar-refractivity contribution < 1.29 is 0 Å². The highest BCUT2D eigenvalue weighted by Gasteiger charge is 2.46. The lowest BCUT2D eigenvalue weighted by Gasteiger charge is -2.55. The number of thiazole rings is 1. The van der Waals surface area contributed by atoms with E-state index in [1.54, 1.807) is 11.3 Å². The van der Waals surface area contributed by atoms with Crippen LogP contribution < -0.4 is 10.6 Å². The van der Waals surface area contributed by atoms with E-state index in [0.717, 1.165) is 38.6 Å². The van der Waals surface area contributed by atoms with Crippen LogP contribution >= 0.6 is 11.3 Å². The van der Waals surface area contributed by atoms with Crippen LogP contribution in [0.3, 0.4) is 0 Å². The number of hydrogen-bond acceptors (Lipinski definition) is 5. The Morgan fingerprint density at radius 3 is 2.61 bits per heavy atom. The summed E-state index contributed by atoms with van der Waals surface area (Å²) in [6.45, 7) is 7.58. The summed E-state index contributed by atoms with van der Waals surface area (Å²) in [5.74, 6) is 0.852. The van der Waals surface area contributed by atoms with E-state index in [-0.39, 0.29) is 0 Å². The van der Waals surface area contributed by atoms with E-state index in [1.165, 1.54) is 18.0 Å². The Balaban J connectivity index is 1.60. The van der Waals surface area contributed by atoms with Gasteiger partial charge in [-0.2, -0.15) is 0 Å². The zero-order chi connectivity index (χ0) is 12.6. The van der Waals surface area contributed by atoms with Crippen LogP contribution in [0.1, 0.15) is 19.8 Å². The average molecular weight is 266 g/mol. The minimum absolute atomic E-state index is 0.314. The third kappa shape index (κ3) is 2.04. The lowest BCUT2D eigenvalue weighted by atomic mass is 9.68. The fourth-order valence-electron chi connectivity index (χ4n) is 3.54. The zero-order valence-electron chi connectivity index (χ0n) is 11.0. The van der Waals surface area contributed by atoms with Gasteiger partial charge in [0.1, 0.15) is 0 Å². The highest BCUT2D eigenvalue weighted by molar-refractivity contribution is 7.13. The number of aromatic nitrogens is 1. The molecule has 0 atom stereocenters. The molecule has 0 radical (unpaired) electrons. The summed E-state index contributed by atoms with van der Waals surface area (Å²) in [6, 6.07) is 0. The van der Waals surface area contributed by atoms with Gasteiger partial charge in [-0.1, -0.05) is 6.92 Å². The molecule has 1 saturated heterocycles. The molecule has 1 aliphatic heterocycles. The minimum atomic E-state index is 0.314. The Kier molecular flexibility index (Phi) is 3.30. The van der Waals surface area contributed by atoms with Crippen LogP contribution in [0, 0.1) is 5.92 Å². The number of nitrogens with zero attached hydrogens (tertiary/aromatic N) is 3. The standard InChI is InChI=1S/C13H22N4S/c1-11-8-13(9-11,10-14)17-5-3-16(4-6-17)12-15-2-7-18-12/h2,7,11H,3-6,8-10,14H2,1H3. The van der Waals surface area contributed by atoms with Crippen molar-refractivity contribution in [3.05, 3.63) is 11.6 Å². The van der Waals surface area contributed by atoms with E-state index in [0.29, 0.717) is 5.54 Å². The quantitative estimate of drug-likeness (QED) is 0.898.